The molecule has 0 aromatic rings. The summed E-state index contributed by atoms with van der Waals surface area (Å²) in [6, 6.07) is 0. The van der Waals surface area contributed by atoms with Crippen molar-refractivity contribution in [3.63, 3.8) is 0 Å². The number of hydrogen-bond acceptors (Lipinski definition) is 0. The summed E-state index contributed by atoms with van der Waals surface area (Å²) < 4.78 is 1.45. The molecular weight excluding hydrogens is 170 g/mol. The van der Waals surface area contributed by atoms with Crippen molar-refractivity contribution in [2.75, 3.05) is 26.2 Å². The second-order valence-electron chi connectivity index (χ2n) is 5.30. The van der Waals surface area contributed by atoms with Gasteiger partial charge in [0, 0.05) is 12.3 Å². The number of unbranched alkanes of at least 4 members (excludes halogenated alkanes) is 2. The zero-order valence-electron chi connectivity index (χ0n) is 10.4. The molecule has 0 saturated carbocycles. The van der Waals surface area contributed by atoms with Gasteiger partial charge in [-0.25, -0.2) is 0 Å². The molecule has 0 N–H and O–H groups in total. The third-order valence-electron chi connectivity index (χ3n) is 3.77. The first-order valence-corrected chi connectivity index (χ1v) is 6.57. The van der Waals surface area contributed by atoms with Crippen LogP contribution in [0.5, 0.6) is 0 Å². The molecule has 0 bridgehead atoms. The Kier molecular flexibility index (Phi) is 4.94. The lowest BCUT2D eigenvalue weighted by Crippen LogP contribution is -2.47. The fourth-order valence-corrected chi connectivity index (χ4v) is 2.84. The Morgan fingerprint density at radius 3 is 2.00 bits per heavy atom. The van der Waals surface area contributed by atoms with Gasteiger partial charge >= 0.3 is 0 Å². The second-order valence-corrected chi connectivity index (χ2v) is 5.30. The first kappa shape index (κ1) is 12.0. The van der Waals surface area contributed by atoms with Gasteiger partial charge in [-0.15, -0.1) is 0 Å². The molecule has 1 heterocycles. The predicted molar refractivity (Wildman–Crippen MR) is 63.3 cm³/mol. The van der Waals surface area contributed by atoms with Crippen LogP contribution in [0.4, 0.5) is 0 Å². The SMILES string of the molecule is CCCC[N+]1(CCCC)CCC(C)C1. The third-order valence-corrected chi connectivity index (χ3v) is 3.77. The van der Waals surface area contributed by atoms with Crippen LogP contribution in [0, 0.1) is 5.92 Å². The van der Waals surface area contributed by atoms with Gasteiger partial charge in [0.05, 0.1) is 26.2 Å². The molecule has 1 aliphatic rings. The molecule has 84 valence electrons. The molecule has 1 saturated heterocycles. The second kappa shape index (κ2) is 5.75. The Morgan fingerprint density at radius 2 is 1.64 bits per heavy atom. The Bertz CT molecular complexity index is 145. The van der Waals surface area contributed by atoms with E-state index in [0.717, 1.165) is 5.92 Å². The smallest absolute Gasteiger partial charge is 0.0814 e. The molecule has 0 aliphatic carbocycles. The summed E-state index contributed by atoms with van der Waals surface area (Å²) in [7, 11) is 0. The van der Waals surface area contributed by atoms with Gasteiger partial charge in [-0.2, -0.15) is 0 Å². The summed E-state index contributed by atoms with van der Waals surface area (Å²) in [6.07, 6.45) is 7.04. The number of nitrogens with zero attached hydrogens (tertiary/aromatic N) is 1. The van der Waals surface area contributed by atoms with E-state index in [2.05, 4.69) is 20.8 Å². The molecule has 1 unspecified atom stereocenters. The van der Waals surface area contributed by atoms with E-state index < -0.39 is 0 Å². The van der Waals surface area contributed by atoms with Gasteiger partial charge in [-0.3, -0.25) is 0 Å². The lowest BCUT2D eigenvalue weighted by Gasteiger charge is -2.34. The van der Waals surface area contributed by atoms with Crippen molar-refractivity contribution in [2.45, 2.75) is 52.9 Å². The maximum absolute atomic E-state index is 2.43. The molecule has 0 aromatic heterocycles. The molecule has 1 heteroatoms. The normalized spacial score (nSPS) is 25.5. The van der Waals surface area contributed by atoms with Gasteiger partial charge in [0.2, 0.25) is 0 Å². The van der Waals surface area contributed by atoms with Crippen LogP contribution in [0.15, 0.2) is 0 Å². The van der Waals surface area contributed by atoms with E-state index >= 15 is 0 Å². The van der Waals surface area contributed by atoms with E-state index in [9.17, 15) is 0 Å². The molecule has 14 heavy (non-hydrogen) atoms. The standard InChI is InChI=1S/C13H28N/c1-4-6-9-14(10-7-5-2)11-8-13(3)12-14/h13H,4-12H2,1-3H3/q+1. The largest absolute Gasteiger partial charge is 0.323 e. The van der Waals surface area contributed by atoms with Gasteiger partial charge < -0.3 is 4.48 Å². The van der Waals surface area contributed by atoms with Gasteiger partial charge in [-0.1, -0.05) is 33.6 Å². The highest BCUT2D eigenvalue weighted by molar-refractivity contribution is 4.62. The number of likely N-dealkylation sites (tertiary alicyclic amines) is 1. The average molecular weight is 198 g/mol. The van der Waals surface area contributed by atoms with Crippen molar-refractivity contribution < 1.29 is 4.48 Å². The van der Waals surface area contributed by atoms with E-state index in [1.807, 2.05) is 0 Å². The number of rotatable bonds is 6. The Hall–Kier alpha value is -0.0400. The molecule has 1 aliphatic heterocycles. The fraction of sp³-hybridized carbons (Fsp3) is 1.00. The Balaban J connectivity index is 2.42. The lowest BCUT2D eigenvalue weighted by atomic mass is 10.1. The van der Waals surface area contributed by atoms with Crippen molar-refractivity contribution >= 4 is 0 Å². The maximum atomic E-state index is 2.43. The Labute approximate surface area is 90.1 Å². The van der Waals surface area contributed by atoms with Crippen molar-refractivity contribution in [3.05, 3.63) is 0 Å². The highest BCUT2D eigenvalue weighted by Gasteiger charge is 2.34. The summed E-state index contributed by atoms with van der Waals surface area (Å²) in [6.45, 7) is 12.9. The molecule has 0 aromatic carbocycles. The molecule has 0 radical (unpaired) electrons. The minimum Gasteiger partial charge on any atom is -0.323 e. The first-order valence-electron chi connectivity index (χ1n) is 6.57. The van der Waals surface area contributed by atoms with Crippen LogP contribution in [0.1, 0.15) is 52.9 Å². The quantitative estimate of drug-likeness (QED) is 0.574. The molecule has 1 atom stereocenters. The molecule has 1 rings (SSSR count). The van der Waals surface area contributed by atoms with E-state index in [1.165, 1.54) is 62.8 Å². The van der Waals surface area contributed by atoms with Gasteiger partial charge in [-0.05, 0) is 12.8 Å². The van der Waals surface area contributed by atoms with Gasteiger partial charge in [0.1, 0.15) is 0 Å². The Morgan fingerprint density at radius 1 is 1.07 bits per heavy atom. The summed E-state index contributed by atoms with van der Waals surface area (Å²) in [5, 5.41) is 0. The number of quaternary nitrogens is 1. The van der Waals surface area contributed by atoms with Crippen molar-refractivity contribution in [1.82, 2.24) is 0 Å². The first-order chi connectivity index (χ1) is 6.72. The van der Waals surface area contributed by atoms with Crippen LogP contribution in [0.25, 0.3) is 0 Å². The van der Waals surface area contributed by atoms with Crippen molar-refractivity contribution in [1.29, 1.82) is 0 Å². The monoisotopic (exact) mass is 198 g/mol. The zero-order chi connectivity index (χ0) is 10.4. The van der Waals surface area contributed by atoms with Crippen molar-refractivity contribution in [2.24, 2.45) is 5.92 Å². The topological polar surface area (TPSA) is 0 Å². The van der Waals surface area contributed by atoms with Crippen LogP contribution in [0.2, 0.25) is 0 Å². The average Bonchev–Trinajstić information content (AvgIpc) is 2.55. The molecule has 1 fully saturated rings. The molecule has 1 nitrogen and oxygen atoms in total. The van der Waals surface area contributed by atoms with Crippen LogP contribution in [-0.2, 0) is 0 Å². The van der Waals surface area contributed by atoms with Crippen LogP contribution in [-0.4, -0.2) is 30.7 Å². The predicted octanol–water partition coefficient (Wildman–Crippen LogP) is 3.44. The minimum atomic E-state index is 0.976. The highest BCUT2D eigenvalue weighted by atomic mass is 15.4. The summed E-state index contributed by atoms with van der Waals surface area (Å²) in [5.74, 6) is 0.976. The molecular formula is C13H28N+. The summed E-state index contributed by atoms with van der Waals surface area (Å²) in [4.78, 5) is 0. The molecule has 0 spiro atoms. The van der Waals surface area contributed by atoms with Gasteiger partial charge in [0.15, 0.2) is 0 Å². The summed E-state index contributed by atoms with van der Waals surface area (Å²) in [5.41, 5.74) is 0. The van der Waals surface area contributed by atoms with E-state index in [0.29, 0.717) is 0 Å². The number of hydrogen-bond donors (Lipinski definition) is 0. The maximum Gasteiger partial charge on any atom is 0.0814 e. The lowest BCUT2D eigenvalue weighted by molar-refractivity contribution is -0.918. The fourth-order valence-electron chi connectivity index (χ4n) is 2.84. The highest BCUT2D eigenvalue weighted by Crippen LogP contribution is 2.25. The molecule has 0 amide bonds. The third kappa shape index (κ3) is 3.27. The van der Waals surface area contributed by atoms with E-state index in [-0.39, 0.29) is 0 Å². The van der Waals surface area contributed by atoms with Crippen molar-refractivity contribution in [3.8, 4) is 0 Å². The summed E-state index contributed by atoms with van der Waals surface area (Å²) >= 11 is 0. The van der Waals surface area contributed by atoms with Gasteiger partial charge in [0.25, 0.3) is 0 Å². The van der Waals surface area contributed by atoms with Crippen LogP contribution < -0.4 is 0 Å². The van der Waals surface area contributed by atoms with Crippen LogP contribution in [0.3, 0.4) is 0 Å². The van der Waals surface area contributed by atoms with E-state index in [4.69, 9.17) is 0 Å². The van der Waals surface area contributed by atoms with E-state index in [1.54, 1.807) is 0 Å². The zero-order valence-corrected chi connectivity index (χ0v) is 10.4. The van der Waals surface area contributed by atoms with Crippen LogP contribution >= 0.6 is 0 Å². The minimum absolute atomic E-state index is 0.976.